The van der Waals surface area contributed by atoms with Gasteiger partial charge in [-0.3, -0.25) is 19.2 Å². The highest BCUT2D eigenvalue weighted by Gasteiger charge is 2.13. The number of fused-ring (bicyclic) bond motifs is 1. The summed E-state index contributed by atoms with van der Waals surface area (Å²) in [5, 5.41) is 0.226. The number of ether oxygens (including phenoxy) is 3. The third kappa shape index (κ3) is 4.83. The second kappa shape index (κ2) is 7.93. The lowest BCUT2D eigenvalue weighted by Crippen LogP contribution is -2.11. The predicted octanol–water partition coefficient (Wildman–Crippen LogP) is 2.37. The van der Waals surface area contributed by atoms with Crippen molar-refractivity contribution in [1.82, 2.24) is 9.97 Å². The van der Waals surface area contributed by atoms with Gasteiger partial charge in [0.1, 0.15) is 23.1 Å². The molecule has 1 N–H and O–H groups in total. The third-order valence-electron chi connectivity index (χ3n) is 3.62. The Labute approximate surface area is 164 Å². The van der Waals surface area contributed by atoms with Crippen molar-refractivity contribution in [3.63, 3.8) is 0 Å². The van der Waals surface area contributed by atoms with Crippen LogP contribution in [0.25, 0.3) is 22.3 Å². The first-order chi connectivity index (χ1) is 13.7. The second-order valence-corrected chi connectivity index (χ2v) is 6.07. The standard InChI is InChI=1S/C20H16N2O7/c1-10(23)27-14-4-5-18-17(9-14)20(26)22-19(21-18)13-6-15(28-11(2)24)8-16(7-13)29-12(3)25/h4-9H,1-3H3,(H,21,22,26). The first-order valence-electron chi connectivity index (χ1n) is 8.46. The molecule has 0 aliphatic heterocycles. The maximum atomic E-state index is 12.5. The summed E-state index contributed by atoms with van der Waals surface area (Å²) < 4.78 is 15.1. The molecule has 0 radical (unpaired) electrons. The smallest absolute Gasteiger partial charge is 0.308 e. The monoisotopic (exact) mass is 396 g/mol. The van der Waals surface area contributed by atoms with Gasteiger partial charge < -0.3 is 19.2 Å². The Morgan fingerprint density at radius 1 is 0.793 bits per heavy atom. The van der Waals surface area contributed by atoms with Gasteiger partial charge in [-0.1, -0.05) is 0 Å². The SMILES string of the molecule is CC(=O)Oc1cc(OC(C)=O)cc(-c2nc3ccc(OC(C)=O)cc3c(=O)[nH]2)c1. The van der Waals surface area contributed by atoms with Crippen molar-refractivity contribution < 1.29 is 28.6 Å². The molecule has 3 rings (SSSR count). The topological polar surface area (TPSA) is 125 Å². The summed E-state index contributed by atoms with van der Waals surface area (Å²) in [5.74, 6) is -0.990. The van der Waals surface area contributed by atoms with E-state index in [2.05, 4.69) is 9.97 Å². The molecule has 148 valence electrons. The zero-order valence-electron chi connectivity index (χ0n) is 15.8. The van der Waals surface area contributed by atoms with Gasteiger partial charge in [0.2, 0.25) is 0 Å². The Morgan fingerprint density at radius 3 is 1.90 bits per heavy atom. The largest absolute Gasteiger partial charge is 0.427 e. The number of esters is 3. The van der Waals surface area contributed by atoms with Gasteiger partial charge in [-0.15, -0.1) is 0 Å². The molecule has 0 saturated carbocycles. The average molecular weight is 396 g/mol. The molecule has 29 heavy (non-hydrogen) atoms. The van der Waals surface area contributed by atoms with E-state index in [9.17, 15) is 19.2 Å². The van der Waals surface area contributed by atoms with Crippen LogP contribution in [0.1, 0.15) is 20.8 Å². The summed E-state index contributed by atoms with van der Waals surface area (Å²) in [4.78, 5) is 53.2. The van der Waals surface area contributed by atoms with Gasteiger partial charge in [0, 0.05) is 32.4 Å². The maximum absolute atomic E-state index is 12.5. The zero-order chi connectivity index (χ0) is 21.1. The number of hydrogen-bond donors (Lipinski definition) is 1. The summed E-state index contributed by atoms with van der Waals surface area (Å²) in [7, 11) is 0. The molecule has 0 unspecified atom stereocenters. The van der Waals surface area contributed by atoms with Gasteiger partial charge in [0.25, 0.3) is 5.56 Å². The number of nitrogens with zero attached hydrogens (tertiary/aromatic N) is 1. The molecule has 0 aliphatic carbocycles. The number of H-pyrrole nitrogens is 1. The van der Waals surface area contributed by atoms with Gasteiger partial charge in [-0.05, 0) is 30.3 Å². The van der Waals surface area contributed by atoms with Crippen LogP contribution in [0.15, 0.2) is 41.2 Å². The number of hydrogen-bond acceptors (Lipinski definition) is 8. The summed E-state index contributed by atoms with van der Waals surface area (Å²) in [6.07, 6.45) is 0. The van der Waals surface area contributed by atoms with Gasteiger partial charge >= 0.3 is 17.9 Å². The van der Waals surface area contributed by atoms with E-state index in [1.54, 1.807) is 0 Å². The highest BCUT2D eigenvalue weighted by molar-refractivity contribution is 5.82. The summed E-state index contributed by atoms with van der Waals surface area (Å²) in [6, 6.07) is 8.79. The minimum Gasteiger partial charge on any atom is -0.427 e. The van der Waals surface area contributed by atoms with Crippen LogP contribution in [0.4, 0.5) is 0 Å². The minimum absolute atomic E-state index is 0.124. The Morgan fingerprint density at radius 2 is 1.34 bits per heavy atom. The molecule has 2 aromatic carbocycles. The van der Waals surface area contributed by atoms with Crippen LogP contribution in [0.2, 0.25) is 0 Å². The van der Waals surface area contributed by atoms with Crippen molar-refractivity contribution in [1.29, 1.82) is 0 Å². The molecule has 0 aliphatic rings. The van der Waals surface area contributed by atoms with Crippen molar-refractivity contribution in [3.8, 4) is 28.6 Å². The van der Waals surface area contributed by atoms with E-state index in [-0.39, 0.29) is 28.5 Å². The molecule has 1 heterocycles. The molecular weight excluding hydrogens is 380 g/mol. The molecule has 0 atom stereocenters. The normalized spacial score (nSPS) is 10.4. The molecule has 0 fully saturated rings. The third-order valence-corrected chi connectivity index (χ3v) is 3.62. The van der Waals surface area contributed by atoms with E-state index in [0.717, 1.165) is 0 Å². The van der Waals surface area contributed by atoms with Gasteiger partial charge in [0.15, 0.2) is 0 Å². The number of carbonyl (C=O) groups excluding carboxylic acids is 3. The summed E-state index contributed by atoms with van der Waals surface area (Å²) in [5.41, 5.74) is 0.251. The van der Waals surface area contributed by atoms with E-state index in [4.69, 9.17) is 14.2 Å². The quantitative estimate of drug-likeness (QED) is 0.526. The number of carbonyl (C=O) groups is 3. The fraction of sp³-hybridized carbons (Fsp3) is 0.150. The molecule has 0 bridgehead atoms. The van der Waals surface area contributed by atoms with Crippen molar-refractivity contribution in [2.45, 2.75) is 20.8 Å². The van der Waals surface area contributed by atoms with Crippen molar-refractivity contribution in [2.24, 2.45) is 0 Å². The molecule has 9 heteroatoms. The minimum atomic E-state index is -0.561. The van der Waals surface area contributed by atoms with E-state index >= 15 is 0 Å². The van der Waals surface area contributed by atoms with Gasteiger partial charge in [-0.2, -0.15) is 0 Å². The Hall–Kier alpha value is -4.01. The first-order valence-corrected chi connectivity index (χ1v) is 8.46. The van der Waals surface area contributed by atoms with Gasteiger partial charge in [0.05, 0.1) is 10.9 Å². The average Bonchev–Trinajstić information content (AvgIpc) is 2.60. The number of aromatic nitrogens is 2. The van der Waals surface area contributed by atoms with Crippen LogP contribution in [-0.2, 0) is 14.4 Å². The number of rotatable bonds is 4. The van der Waals surface area contributed by atoms with Crippen LogP contribution in [0, 0.1) is 0 Å². The summed E-state index contributed by atoms with van der Waals surface area (Å²) >= 11 is 0. The highest BCUT2D eigenvalue weighted by Crippen LogP contribution is 2.29. The molecular formula is C20H16N2O7. The predicted molar refractivity (Wildman–Crippen MR) is 102 cm³/mol. The van der Waals surface area contributed by atoms with Crippen LogP contribution >= 0.6 is 0 Å². The number of aromatic amines is 1. The van der Waals surface area contributed by atoms with Crippen LogP contribution in [0.5, 0.6) is 17.2 Å². The molecule has 3 aromatic rings. The van der Waals surface area contributed by atoms with E-state index in [0.29, 0.717) is 11.1 Å². The van der Waals surface area contributed by atoms with Crippen molar-refractivity contribution >= 4 is 28.8 Å². The van der Waals surface area contributed by atoms with E-state index < -0.39 is 23.5 Å². The van der Waals surface area contributed by atoms with Crippen LogP contribution in [0.3, 0.4) is 0 Å². The lowest BCUT2D eigenvalue weighted by atomic mass is 10.1. The van der Waals surface area contributed by atoms with E-state index in [1.165, 1.54) is 57.2 Å². The Kier molecular flexibility index (Phi) is 5.40. The lowest BCUT2D eigenvalue weighted by Gasteiger charge is -2.10. The molecule has 0 saturated heterocycles. The number of nitrogens with one attached hydrogen (secondary N) is 1. The molecule has 1 aromatic heterocycles. The molecule has 9 nitrogen and oxygen atoms in total. The van der Waals surface area contributed by atoms with Crippen LogP contribution < -0.4 is 19.8 Å². The zero-order valence-corrected chi connectivity index (χ0v) is 15.8. The Balaban J connectivity index is 2.11. The highest BCUT2D eigenvalue weighted by atomic mass is 16.5. The second-order valence-electron chi connectivity index (χ2n) is 6.07. The van der Waals surface area contributed by atoms with Gasteiger partial charge in [-0.25, -0.2) is 4.98 Å². The maximum Gasteiger partial charge on any atom is 0.308 e. The molecule has 0 spiro atoms. The number of benzene rings is 2. The Bertz CT molecular complexity index is 1160. The fourth-order valence-electron chi connectivity index (χ4n) is 2.64. The first kappa shape index (κ1) is 19.7. The van der Waals surface area contributed by atoms with Crippen LogP contribution in [-0.4, -0.2) is 27.9 Å². The lowest BCUT2D eigenvalue weighted by molar-refractivity contribution is -0.133. The van der Waals surface area contributed by atoms with Crippen molar-refractivity contribution in [3.05, 3.63) is 46.8 Å². The summed E-state index contributed by atoms with van der Waals surface area (Å²) in [6.45, 7) is 3.72. The van der Waals surface area contributed by atoms with E-state index in [1.807, 2.05) is 0 Å². The molecule has 0 amide bonds. The fourth-order valence-corrected chi connectivity index (χ4v) is 2.64. The van der Waals surface area contributed by atoms with Crippen molar-refractivity contribution in [2.75, 3.05) is 0 Å².